The minimum absolute atomic E-state index is 0.330. The third-order valence-electron chi connectivity index (χ3n) is 4.89. The van der Waals surface area contributed by atoms with Gasteiger partial charge in [0.1, 0.15) is 5.01 Å². The lowest BCUT2D eigenvalue weighted by molar-refractivity contribution is 0.0638. The van der Waals surface area contributed by atoms with Gasteiger partial charge in [-0.1, -0.05) is 13.3 Å². The summed E-state index contributed by atoms with van der Waals surface area (Å²) < 4.78 is 0. The van der Waals surface area contributed by atoms with Crippen LogP contribution in [0.5, 0.6) is 0 Å². The molecule has 0 radical (unpaired) electrons. The van der Waals surface area contributed by atoms with E-state index in [1.807, 2.05) is 11.3 Å². The van der Waals surface area contributed by atoms with Gasteiger partial charge in [0, 0.05) is 35.7 Å². The summed E-state index contributed by atoms with van der Waals surface area (Å²) in [5.74, 6) is 0.894. The second-order valence-electron chi connectivity index (χ2n) is 6.80. The molecule has 3 rings (SSSR count). The van der Waals surface area contributed by atoms with Gasteiger partial charge in [0.05, 0.1) is 6.54 Å². The Balaban J connectivity index is 1.71. The summed E-state index contributed by atoms with van der Waals surface area (Å²) in [4.78, 5) is 7.36. The highest BCUT2D eigenvalue weighted by atomic mass is 32.1. The Morgan fingerprint density at radius 3 is 2.90 bits per heavy atom. The summed E-state index contributed by atoms with van der Waals surface area (Å²) >= 11 is 1.81. The predicted octanol–water partition coefficient (Wildman–Crippen LogP) is 3.19. The average Bonchev–Trinajstić information content (AvgIpc) is 3.19. The Labute approximate surface area is 126 Å². The topological polar surface area (TPSA) is 28.2 Å². The maximum atomic E-state index is 4.66. The zero-order valence-corrected chi connectivity index (χ0v) is 13.8. The third-order valence-corrected chi connectivity index (χ3v) is 5.85. The van der Waals surface area contributed by atoms with Gasteiger partial charge < -0.3 is 5.32 Å². The first-order chi connectivity index (χ1) is 9.60. The van der Waals surface area contributed by atoms with Crippen LogP contribution in [0.25, 0.3) is 0 Å². The van der Waals surface area contributed by atoms with Crippen molar-refractivity contribution in [1.29, 1.82) is 0 Å². The molecule has 112 valence electrons. The minimum Gasteiger partial charge on any atom is -0.308 e. The van der Waals surface area contributed by atoms with E-state index < -0.39 is 0 Å². The molecule has 2 fully saturated rings. The number of aryl methyl sites for hydroxylation is 1. The van der Waals surface area contributed by atoms with Crippen molar-refractivity contribution in [2.24, 2.45) is 5.92 Å². The highest BCUT2D eigenvalue weighted by Gasteiger charge is 2.45. The van der Waals surface area contributed by atoms with Gasteiger partial charge in [-0.3, -0.25) is 4.90 Å². The molecule has 2 aliphatic rings. The van der Waals surface area contributed by atoms with Crippen LogP contribution < -0.4 is 5.32 Å². The molecule has 2 heterocycles. The van der Waals surface area contributed by atoms with Crippen LogP contribution in [-0.4, -0.2) is 34.6 Å². The molecule has 1 saturated carbocycles. The van der Waals surface area contributed by atoms with Crippen molar-refractivity contribution >= 4 is 11.3 Å². The summed E-state index contributed by atoms with van der Waals surface area (Å²) in [7, 11) is 0. The Bertz CT molecular complexity index is 454. The SMILES string of the molecule is CCCC1CNC(C)(C2CC2)CN1Cc1nc(C)cs1. The van der Waals surface area contributed by atoms with Crippen LogP contribution in [0, 0.1) is 12.8 Å². The predicted molar refractivity (Wildman–Crippen MR) is 85.1 cm³/mol. The molecule has 4 heteroatoms. The largest absolute Gasteiger partial charge is 0.308 e. The highest BCUT2D eigenvalue weighted by Crippen LogP contribution is 2.41. The number of nitrogens with one attached hydrogen (secondary N) is 1. The Morgan fingerprint density at radius 1 is 1.50 bits per heavy atom. The maximum absolute atomic E-state index is 4.66. The van der Waals surface area contributed by atoms with E-state index in [-0.39, 0.29) is 0 Å². The molecule has 1 aliphatic carbocycles. The Morgan fingerprint density at radius 2 is 2.30 bits per heavy atom. The van der Waals surface area contributed by atoms with Crippen LogP contribution in [0.1, 0.15) is 50.2 Å². The fraction of sp³-hybridized carbons (Fsp3) is 0.812. The second-order valence-corrected chi connectivity index (χ2v) is 7.75. The fourth-order valence-corrected chi connectivity index (χ4v) is 4.33. The van der Waals surface area contributed by atoms with Crippen molar-refractivity contribution in [3.8, 4) is 0 Å². The van der Waals surface area contributed by atoms with E-state index in [4.69, 9.17) is 0 Å². The van der Waals surface area contributed by atoms with E-state index in [0.29, 0.717) is 11.6 Å². The van der Waals surface area contributed by atoms with E-state index in [1.165, 1.54) is 37.2 Å². The first kappa shape index (κ1) is 14.5. The van der Waals surface area contributed by atoms with Gasteiger partial charge in [-0.2, -0.15) is 0 Å². The molecule has 1 saturated heterocycles. The van der Waals surface area contributed by atoms with Gasteiger partial charge in [-0.15, -0.1) is 11.3 Å². The molecule has 0 aromatic carbocycles. The fourth-order valence-electron chi connectivity index (χ4n) is 3.53. The van der Waals surface area contributed by atoms with Crippen molar-refractivity contribution < 1.29 is 0 Å². The normalized spacial score (nSPS) is 31.6. The van der Waals surface area contributed by atoms with Crippen molar-refractivity contribution in [1.82, 2.24) is 15.2 Å². The number of thiazole rings is 1. The molecular weight excluding hydrogens is 266 g/mol. The van der Waals surface area contributed by atoms with Gasteiger partial charge in [0.2, 0.25) is 0 Å². The van der Waals surface area contributed by atoms with Crippen molar-refractivity contribution in [2.75, 3.05) is 13.1 Å². The van der Waals surface area contributed by atoms with Crippen LogP contribution in [0.3, 0.4) is 0 Å². The molecule has 1 aliphatic heterocycles. The molecule has 0 bridgehead atoms. The quantitative estimate of drug-likeness (QED) is 0.903. The molecule has 1 N–H and O–H groups in total. The maximum Gasteiger partial charge on any atom is 0.107 e. The van der Waals surface area contributed by atoms with Crippen LogP contribution in [0.15, 0.2) is 5.38 Å². The van der Waals surface area contributed by atoms with Crippen molar-refractivity contribution in [3.05, 3.63) is 16.1 Å². The number of aromatic nitrogens is 1. The number of nitrogens with zero attached hydrogens (tertiary/aromatic N) is 2. The lowest BCUT2D eigenvalue weighted by Crippen LogP contribution is -2.63. The second kappa shape index (κ2) is 5.74. The summed E-state index contributed by atoms with van der Waals surface area (Å²) in [6.45, 7) is 10.2. The molecule has 20 heavy (non-hydrogen) atoms. The zero-order chi connectivity index (χ0) is 14.2. The molecule has 2 unspecified atom stereocenters. The van der Waals surface area contributed by atoms with E-state index in [1.54, 1.807) is 0 Å². The first-order valence-electron chi connectivity index (χ1n) is 8.01. The van der Waals surface area contributed by atoms with E-state index in [9.17, 15) is 0 Å². The lowest BCUT2D eigenvalue weighted by atomic mass is 9.90. The molecule has 1 aromatic rings. The van der Waals surface area contributed by atoms with Gasteiger partial charge in [-0.25, -0.2) is 4.98 Å². The van der Waals surface area contributed by atoms with Crippen LogP contribution in [0.4, 0.5) is 0 Å². The number of piperazine rings is 1. The molecule has 3 nitrogen and oxygen atoms in total. The summed E-state index contributed by atoms with van der Waals surface area (Å²) in [6.07, 6.45) is 5.37. The number of hydrogen-bond acceptors (Lipinski definition) is 4. The Kier molecular flexibility index (Phi) is 4.16. The van der Waals surface area contributed by atoms with Crippen LogP contribution in [-0.2, 0) is 6.54 Å². The number of rotatable bonds is 5. The average molecular weight is 293 g/mol. The van der Waals surface area contributed by atoms with Gasteiger partial charge >= 0.3 is 0 Å². The van der Waals surface area contributed by atoms with E-state index >= 15 is 0 Å². The molecule has 1 aromatic heterocycles. The first-order valence-corrected chi connectivity index (χ1v) is 8.89. The smallest absolute Gasteiger partial charge is 0.107 e. The molecule has 0 spiro atoms. The van der Waals surface area contributed by atoms with Crippen molar-refractivity contribution in [3.63, 3.8) is 0 Å². The number of hydrogen-bond donors (Lipinski definition) is 1. The monoisotopic (exact) mass is 293 g/mol. The summed E-state index contributed by atoms with van der Waals surface area (Å²) in [5, 5.41) is 7.31. The lowest BCUT2D eigenvalue weighted by Gasteiger charge is -2.46. The van der Waals surface area contributed by atoms with Gasteiger partial charge in [-0.05, 0) is 39.0 Å². The van der Waals surface area contributed by atoms with E-state index in [2.05, 4.69) is 41.4 Å². The van der Waals surface area contributed by atoms with Gasteiger partial charge in [0.15, 0.2) is 0 Å². The van der Waals surface area contributed by atoms with E-state index in [0.717, 1.165) is 24.7 Å². The van der Waals surface area contributed by atoms with Crippen LogP contribution >= 0.6 is 11.3 Å². The summed E-state index contributed by atoms with van der Waals surface area (Å²) in [5.41, 5.74) is 1.49. The molecular formula is C16H27N3S. The summed E-state index contributed by atoms with van der Waals surface area (Å²) in [6, 6.07) is 0.677. The van der Waals surface area contributed by atoms with Crippen LogP contribution in [0.2, 0.25) is 0 Å². The highest BCUT2D eigenvalue weighted by molar-refractivity contribution is 7.09. The minimum atomic E-state index is 0.330. The third kappa shape index (κ3) is 3.07. The zero-order valence-electron chi connectivity index (χ0n) is 13.0. The standard InChI is InChI=1S/C16H27N3S/c1-4-5-14-8-17-16(3,13-6-7-13)11-19(14)9-15-18-12(2)10-20-15/h10,13-14,17H,4-9,11H2,1-3H3. The molecule has 2 atom stereocenters. The van der Waals surface area contributed by atoms with Gasteiger partial charge in [0.25, 0.3) is 0 Å². The molecule has 0 amide bonds. The van der Waals surface area contributed by atoms with Crippen molar-refractivity contribution in [2.45, 2.75) is 64.6 Å². The Hall–Kier alpha value is -0.450.